The Morgan fingerprint density at radius 1 is 1.32 bits per heavy atom. The highest BCUT2D eigenvalue weighted by Crippen LogP contribution is 2.50. The van der Waals surface area contributed by atoms with Gasteiger partial charge in [-0.2, -0.15) is 4.73 Å². The molecule has 2 aromatic rings. The highest BCUT2D eigenvalue weighted by molar-refractivity contribution is 5.70. The van der Waals surface area contributed by atoms with Crippen LogP contribution in [0, 0.1) is 12.8 Å². The van der Waals surface area contributed by atoms with Crippen molar-refractivity contribution in [3.05, 3.63) is 59.2 Å². The zero-order valence-electron chi connectivity index (χ0n) is 16.5. The van der Waals surface area contributed by atoms with Gasteiger partial charge in [0.1, 0.15) is 5.75 Å². The zero-order valence-corrected chi connectivity index (χ0v) is 16.5. The van der Waals surface area contributed by atoms with Gasteiger partial charge in [0.2, 0.25) is 0 Å². The highest BCUT2D eigenvalue weighted by Gasteiger charge is 2.40. The van der Waals surface area contributed by atoms with Gasteiger partial charge in [0.05, 0.1) is 13.2 Å². The smallest absolute Gasteiger partial charge is 0.306 e. The Morgan fingerprint density at radius 2 is 2.18 bits per heavy atom. The molecular formula is C22H28N2O4. The predicted molar refractivity (Wildman–Crippen MR) is 105 cm³/mol. The van der Waals surface area contributed by atoms with E-state index in [9.17, 15) is 10.0 Å². The van der Waals surface area contributed by atoms with Crippen LogP contribution in [0.4, 0.5) is 0 Å². The van der Waals surface area contributed by atoms with Crippen LogP contribution < -0.4 is 10.2 Å². The highest BCUT2D eigenvalue weighted by atomic mass is 16.5. The van der Waals surface area contributed by atoms with Gasteiger partial charge in [-0.15, -0.1) is 0 Å². The van der Waals surface area contributed by atoms with E-state index < -0.39 is 0 Å². The molecule has 0 spiro atoms. The van der Waals surface area contributed by atoms with Crippen LogP contribution in [0.1, 0.15) is 43.2 Å². The lowest BCUT2D eigenvalue weighted by atomic mass is 10.0. The number of benzene rings is 1. The maximum atomic E-state index is 11.6. The van der Waals surface area contributed by atoms with Crippen LogP contribution in [0.3, 0.4) is 0 Å². The minimum Gasteiger partial charge on any atom is -0.494 e. The van der Waals surface area contributed by atoms with Crippen molar-refractivity contribution in [1.29, 1.82) is 0 Å². The largest absolute Gasteiger partial charge is 0.494 e. The average molecular weight is 384 g/mol. The summed E-state index contributed by atoms with van der Waals surface area (Å²) in [6.07, 6.45) is 3.87. The Balaban J connectivity index is 1.45. The predicted octanol–water partition coefficient (Wildman–Crippen LogP) is 3.46. The molecule has 1 aromatic heterocycles. The van der Waals surface area contributed by atoms with E-state index >= 15 is 0 Å². The third-order valence-electron chi connectivity index (χ3n) is 4.96. The Hall–Kier alpha value is -2.76. The molecule has 6 nitrogen and oxygen atoms in total. The number of pyridine rings is 1. The van der Waals surface area contributed by atoms with E-state index in [4.69, 9.17) is 9.47 Å². The number of aryl methyl sites for hydroxylation is 1. The number of hydrogen-bond acceptors (Lipinski definition) is 5. The summed E-state index contributed by atoms with van der Waals surface area (Å²) in [6.45, 7) is 5.52. The number of esters is 1. The van der Waals surface area contributed by atoms with Crippen molar-refractivity contribution < 1.29 is 19.5 Å². The van der Waals surface area contributed by atoms with E-state index in [1.54, 1.807) is 18.3 Å². The van der Waals surface area contributed by atoms with Gasteiger partial charge in [-0.05, 0) is 67.5 Å². The molecule has 1 N–H and O–H groups in total. The number of rotatable bonds is 9. The lowest BCUT2D eigenvalue weighted by Crippen LogP contribution is -2.17. The zero-order chi connectivity index (χ0) is 19.9. The maximum Gasteiger partial charge on any atom is 0.306 e. The molecule has 1 aliphatic rings. The molecule has 1 saturated carbocycles. The number of nitrogens with zero attached hydrogens (tertiary/aromatic N) is 2. The average Bonchev–Trinajstić information content (AvgIpc) is 3.41. The molecule has 6 heteroatoms. The number of aromatic nitrogens is 1. The molecule has 0 aliphatic heterocycles. The third kappa shape index (κ3) is 5.38. The van der Waals surface area contributed by atoms with Crippen molar-refractivity contribution in [2.24, 2.45) is 10.9 Å². The number of carbonyl (C=O) groups excluding carboxylic acids is 1. The first-order valence-corrected chi connectivity index (χ1v) is 9.85. The van der Waals surface area contributed by atoms with Gasteiger partial charge in [0.15, 0.2) is 5.49 Å². The van der Waals surface area contributed by atoms with Gasteiger partial charge in [0, 0.05) is 25.6 Å². The quantitative estimate of drug-likeness (QED) is 0.408. The van der Waals surface area contributed by atoms with Gasteiger partial charge in [-0.3, -0.25) is 9.79 Å². The van der Waals surface area contributed by atoms with E-state index in [0.29, 0.717) is 43.5 Å². The van der Waals surface area contributed by atoms with Crippen molar-refractivity contribution in [2.75, 3.05) is 19.8 Å². The molecule has 0 saturated heterocycles. The Labute approximate surface area is 165 Å². The van der Waals surface area contributed by atoms with Gasteiger partial charge in [-0.1, -0.05) is 12.1 Å². The van der Waals surface area contributed by atoms with Crippen LogP contribution in [0.5, 0.6) is 5.75 Å². The lowest BCUT2D eigenvalue weighted by Gasteiger charge is -2.10. The molecule has 0 radical (unpaired) electrons. The molecule has 0 bridgehead atoms. The molecule has 0 amide bonds. The van der Waals surface area contributed by atoms with Gasteiger partial charge >= 0.3 is 5.97 Å². The molecule has 150 valence electrons. The fourth-order valence-electron chi connectivity index (χ4n) is 3.44. The van der Waals surface area contributed by atoms with Gasteiger partial charge < -0.3 is 14.7 Å². The SMILES string of the molecule is CCOC(=O)CC1CC1c1ccc(OCCCN=c2ccccn2O)cc1C. The topological polar surface area (TPSA) is 73.0 Å². The summed E-state index contributed by atoms with van der Waals surface area (Å²) < 4.78 is 11.9. The second-order valence-corrected chi connectivity index (χ2v) is 7.12. The van der Waals surface area contributed by atoms with Crippen molar-refractivity contribution in [3.63, 3.8) is 0 Å². The molecule has 28 heavy (non-hydrogen) atoms. The molecule has 1 aliphatic carbocycles. The first-order valence-electron chi connectivity index (χ1n) is 9.85. The van der Waals surface area contributed by atoms with Crippen LogP contribution in [-0.4, -0.2) is 35.7 Å². The van der Waals surface area contributed by atoms with E-state index in [1.807, 2.05) is 19.1 Å². The molecule has 3 rings (SSSR count). The van der Waals surface area contributed by atoms with E-state index in [2.05, 4.69) is 24.0 Å². The van der Waals surface area contributed by atoms with Crippen molar-refractivity contribution in [1.82, 2.24) is 4.73 Å². The summed E-state index contributed by atoms with van der Waals surface area (Å²) >= 11 is 0. The fourth-order valence-corrected chi connectivity index (χ4v) is 3.44. The third-order valence-corrected chi connectivity index (χ3v) is 4.96. The summed E-state index contributed by atoms with van der Waals surface area (Å²) in [5.74, 6) is 1.60. The van der Waals surface area contributed by atoms with Crippen LogP contribution in [0.2, 0.25) is 0 Å². The fraction of sp³-hybridized carbons (Fsp3) is 0.455. The molecule has 1 fully saturated rings. The van der Waals surface area contributed by atoms with E-state index in [1.165, 1.54) is 11.1 Å². The van der Waals surface area contributed by atoms with Gasteiger partial charge in [-0.25, -0.2) is 0 Å². The first-order chi connectivity index (χ1) is 13.6. The minimum atomic E-state index is -0.0970. The standard InChI is InChI=1S/C22H28N2O4/c1-3-27-22(25)15-17-14-20(17)19-9-8-18(13-16(19)2)28-12-6-10-23-21-7-4-5-11-24(21)26/h4-5,7-9,11,13,17,20,26H,3,6,10,12,14-15H2,1-2H3. The Morgan fingerprint density at radius 3 is 2.93 bits per heavy atom. The van der Waals surface area contributed by atoms with Crippen molar-refractivity contribution >= 4 is 5.97 Å². The second kappa shape index (κ2) is 9.44. The normalized spacial score (nSPS) is 18.7. The van der Waals surface area contributed by atoms with Crippen LogP contribution in [-0.2, 0) is 9.53 Å². The summed E-state index contributed by atoms with van der Waals surface area (Å²) in [4.78, 5) is 16.0. The number of carbonyl (C=O) groups is 1. The van der Waals surface area contributed by atoms with E-state index in [-0.39, 0.29) is 5.97 Å². The Kier molecular flexibility index (Phi) is 6.74. The molecule has 1 aromatic carbocycles. The summed E-state index contributed by atoms with van der Waals surface area (Å²) in [6, 6.07) is 11.5. The minimum absolute atomic E-state index is 0.0970. The molecule has 2 unspecified atom stereocenters. The Bertz CT molecular complexity index is 875. The molecule has 2 atom stereocenters. The maximum absolute atomic E-state index is 11.6. The van der Waals surface area contributed by atoms with Crippen molar-refractivity contribution in [2.45, 2.75) is 39.0 Å². The summed E-state index contributed by atoms with van der Waals surface area (Å²) in [5.41, 5.74) is 3.03. The molecule has 1 heterocycles. The van der Waals surface area contributed by atoms with Gasteiger partial charge in [0.25, 0.3) is 0 Å². The summed E-state index contributed by atoms with van der Waals surface area (Å²) in [7, 11) is 0. The van der Waals surface area contributed by atoms with Crippen LogP contribution >= 0.6 is 0 Å². The monoisotopic (exact) mass is 384 g/mol. The molecular weight excluding hydrogens is 356 g/mol. The lowest BCUT2D eigenvalue weighted by molar-refractivity contribution is -0.143. The van der Waals surface area contributed by atoms with Crippen LogP contribution in [0.15, 0.2) is 47.6 Å². The number of ether oxygens (including phenoxy) is 2. The second-order valence-electron chi connectivity index (χ2n) is 7.12. The summed E-state index contributed by atoms with van der Waals surface area (Å²) in [5, 5.41) is 9.61. The van der Waals surface area contributed by atoms with E-state index in [0.717, 1.165) is 23.3 Å². The number of hydrogen-bond donors (Lipinski definition) is 1. The van der Waals surface area contributed by atoms with Crippen molar-refractivity contribution in [3.8, 4) is 5.75 Å². The first kappa shape index (κ1) is 20.0. The van der Waals surface area contributed by atoms with Crippen LogP contribution in [0.25, 0.3) is 0 Å².